The fourth-order valence-electron chi connectivity index (χ4n) is 3.34. The summed E-state index contributed by atoms with van der Waals surface area (Å²) < 4.78 is 0. The summed E-state index contributed by atoms with van der Waals surface area (Å²) in [6, 6.07) is 23.6. The van der Waals surface area contributed by atoms with Gasteiger partial charge in [-0.05, 0) is 61.9 Å². The van der Waals surface area contributed by atoms with E-state index < -0.39 is 5.91 Å². The van der Waals surface area contributed by atoms with E-state index in [1.165, 1.54) is 23.1 Å². The number of aryl methyl sites for hydroxylation is 1. The molecule has 1 heterocycles. The lowest BCUT2D eigenvalue weighted by atomic mass is 10.1. The fraction of sp³-hybridized carbons (Fsp3) is 0.103. The zero-order chi connectivity index (χ0) is 26.9. The molecule has 9 heteroatoms. The molecule has 0 radical (unpaired) electrons. The smallest absolute Gasteiger partial charge is 0.272 e. The van der Waals surface area contributed by atoms with Crippen LogP contribution in [0.1, 0.15) is 28.4 Å². The van der Waals surface area contributed by atoms with Gasteiger partial charge < -0.3 is 16.0 Å². The molecule has 1 unspecified atom stereocenters. The third-order valence-corrected chi connectivity index (χ3v) is 7.17. The van der Waals surface area contributed by atoms with Gasteiger partial charge in [-0.15, -0.1) is 23.1 Å². The molecule has 0 fully saturated rings. The molecule has 3 aromatic carbocycles. The van der Waals surface area contributed by atoms with Crippen LogP contribution >= 0.6 is 23.1 Å². The van der Waals surface area contributed by atoms with E-state index in [1.54, 1.807) is 54.1 Å². The molecule has 3 N–H and O–H groups in total. The lowest BCUT2D eigenvalue weighted by Gasteiger charge is -2.13. The first kappa shape index (κ1) is 26.8. The van der Waals surface area contributed by atoms with Crippen LogP contribution in [0.3, 0.4) is 0 Å². The minimum atomic E-state index is -0.452. The third kappa shape index (κ3) is 7.64. The number of hydrogen-bond acceptors (Lipinski definition) is 6. The number of thioether (sulfide) groups is 1. The van der Waals surface area contributed by atoms with Gasteiger partial charge in [0.2, 0.25) is 5.91 Å². The molecule has 7 nitrogen and oxygen atoms in total. The molecule has 1 atom stereocenters. The van der Waals surface area contributed by atoms with Crippen LogP contribution in [0.15, 0.2) is 101 Å². The van der Waals surface area contributed by atoms with E-state index in [4.69, 9.17) is 0 Å². The van der Waals surface area contributed by atoms with Crippen molar-refractivity contribution in [3.63, 3.8) is 0 Å². The number of nitrogens with zero attached hydrogens (tertiary/aromatic N) is 1. The van der Waals surface area contributed by atoms with Gasteiger partial charge >= 0.3 is 0 Å². The van der Waals surface area contributed by atoms with E-state index in [-0.39, 0.29) is 22.8 Å². The molecule has 0 aliphatic carbocycles. The number of carbonyl (C=O) groups excluding carboxylic acids is 3. The number of benzene rings is 3. The van der Waals surface area contributed by atoms with Crippen molar-refractivity contribution < 1.29 is 14.4 Å². The Kier molecular flexibility index (Phi) is 9.07. The summed E-state index contributed by atoms with van der Waals surface area (Å²) in [4.78, 5) is 43.3. The van der Waals surface area contributed by atoms with Crippen molar-refractivity contribution in [2.45, 2.75) is 24.0 Å². The first-order valence-corrected chi connectivity index (χ1v) is 13.6. The van der Waals surface area contributed by atoms with Gasteiger partial charge in [-0.2, -0.15) is 0 Å². The predicted octanol–water partition coefficient (Wildman–Crippen LogP) is 5.98. The highest BCUT2D eigenvalue weighted by molar-refractivity contribution is 8.00. The van der Waals surface area contributed by atoms with Gasteiger partial charge in [-0.25, -0.2) is 4.98 Å². The standard InChI is InChI=1S/C29H26N4O3S2/c1-19-8-10-21(11-9-19)18-25(32-27(35)22-6-4-3-5-7-22)28(36)31-23-12-14-24(15-13-23)38-20(2)26(34)33-29-30-16-17-37-29/h3-18,20H,1-2H3,(H,31,36)(H,32,35)(H,30,33,34)/b25-18-. The predicted molar refractivity (Wildman–Crippen MR) is 154 cm³/mol. The second-order valence-corrected chi connectivity index (χ2v) is 10.7. The van der Waals surface area contributed by atoms with Crippen LogP contribution in [0.25, 0.3) is 6.08 Å². The summed E-state index contributed by atoms with van der Waals surface area (Å²) in [5.74, 6) is -0.968. The number of amides is 3. The van der Waals surface area contributed by atoms with Gasteiger partial charge in [0, 0.05) is 27.7 Å². The highest BCUT2D eigenvalue weighted by Crippen LogP contribution is 2.26. The van der Waals surface area contributed by atoms with Crippen molar-refractivity contribution in [3.05, 3.63) is 113 Å². The molecule has 0 bridgehead atoms. The Morgan fingerprint density at radius 1 is 0.921 bits per heavy atom. The number of hydrogen-bond donors (Lipinski definition) is 3. The lowest BCUT2D eigenvalue weighted by molar-refractivity contribution is -0.115. The number of aromatic nitrogens is 1. The van der Waals surface area contributed by atoms with Crippen LogP contribution in [0.2, 0.25) is 0 Å². The van der Waals surface area contributed by atoms with Crippen LogP contribution in [0, 0.1) is 6.92 Å². The van der Waals surface area contributed by atoms with Crippen molar-refractivity contribution >= 4 is 57.7 Å². The van der Waals surface area contributed by atoms with Gasteiger partial charge in [0.15, 0.2) is 5.13 Å². The van der Waals surface area contributed by atoms with Crippen molar-refractivity contribution in [3.8, 4) is 0 Å². The average molecular weight is 543 g/mol. The molecule has 4 rings (SSSR count). The topological polar surface area (TPSA) is 100 Å². The van der Waals surface area contributed by atoms with E-state index >= 15 is 0 Å². The van der Waals surface area contributed by atoms with E-state index in [2.05, 4.69) is 20.9 Å². The average Bonchev–Trinajstić information content (AvgIpc) is 3.44. The molecule has 192 valence electrons. The van der Waals surface area contributed by atoms with Gasteiger partial charge in [0.25, 0.3) is 11.8 Å². The Morgan fingerprint density at radius 3 is 2.29 bits per heavy atom. The molecule has 0 saturated heterocycles. The molecule has 1 aromatic heterocycles. The number of nitrogens with one attached hydrogen (secondary N) is 3. The molecule has 0 aliphatic rings. The zero-order valence-electron chi connectivity index (χ0n) is 20.8. The third-order valence-electron chi connectivity index (χ3n) is 5.37. The van der Waals surface area contributed by atoms with Crippen molar-refractivity contribution in [2.75, 3.05) is 10.6 Å². The van der Waals surface area contributed by atoms with Crippen molar-refractivity contribution in [1.29, 1.82) is 0 Å². The Labute approximate surface area is 229 Å². The quantitative estimate of drug-likeness (QED) is 0.178. The molecular formula is C29H26N4O3S2. The van der Waals surface area contributed by atoms with Crippen molar-refractivity contribution in [1.82, 2.24) is 10.3 Å². The monoisotopic (exact) mass is 542 g/mol. The zero-order valence-corrected chi connectivity index (χ0v) is 22.4. The minimum absolute atomic E-state index is 0.119. The Balaban J connectivity index is 1.44. The normalized spacial score (nSPS) is 11.9. The van der Waals surface area contributed by atoms with Crippen LogP contribution in [-0.2, 0) is 9.59 Å². The SMILES string of the molecule is Cc1ccc(/C=C(\NC(=O)c2ccccc2)C(=O)Nc2ccc(SC(C)C(=O)Nc3nccs3)cc2)cc1. The maximum atomic E-state index is 13.2. The number of rotatable bonds is 9. The minimum Gasteiger partial charge on any atom is -0.321 e. The molecule has 0 aliphatic heterocycles. The molecule has 38 heavy (non-hydrogen) atoms. The Hall–Kier alpha value is -4.21. The molecule has 3 amide bonds. The number of carbonyl (C=O) groups is 3. The summed E-state index contributed by atoms with van der Waals surface area (Å²) in [6.07, 6.45) is 3.28. The molecule has 0 saturated carbocycles. The highest BCUT2D eigenvalue weighted by atomic mass is 32.2. The van der Waals surface area contributed by atoms with Gasteiger partial charge in [-0.3, -0.25) is 14.4 Å². The van der Waals surface area contributed by atoms with E-state index in [0.29, 0.717) is 16.4 Å². The lowest BCUT2D eigenvalue weighted by Crippen LogP contribution is -2.30. The highest BCUT2D eigenvalue weighted by Gasteiger charge is 2.17. The molecule has 4 aromatic rings. The van der Waals surface area contributed by atoms with Gasteiger partial charge in [0.1, 0.15) is 5.70 Å². The van der Waals surface area contributed by atoms with Crippen LogP contribution in [0.4, 0.5) is 10.8 Å². The first-order chi connectivity index (χ1) is 18.4. The number of thiazole rings is 1. The summed E-state index contributed by atoms with van der Waals surface area (Å²) in [5.41, 5.74) is 3.00. The molecule has 0 spiro atoms. The van der Waals surface area contributed by atoms with Gasteiger partial charge in [-0.1, -0.05) is 48.0 Å². The summed E-state index contributed by atoms with van der Waals surface area (Å²) in [6.45, 7) is 3.80. The second-order valence-electron chi connectivity index (χ2n) is 8.35. The second kappa shape index (κ2) is 12.8. The van der Waals surface area contributed by atoms with Crippen molar-refractivity contribution in [2.24, 2.45) is 0 Å². The largest absolute Gasteiger partial charge is 0.321 e. The van der Waals surface area contributed by atoms with Crippen LogP contribution < -0.4 is 16.0 Å². The first-order valence-electron chi connectivity index (χ1n) is 11.8. The van der Waals surface area contributed by atoms with E-state index in [0.717, 1.165) is 16.0 Å². The van der Waals surface area contributed by atoms with Crippen LogP contribution in [-0.4, -0.2) is 28.0 Å². The fourth-order valence-corrected chi connectivity index (χ4v) is 4.74. The van der Waals surface area contributed by atoms with E-state index in [1.807, 2.05) is 56.3 Å². The Morgan fingerprint density at radius 2 is 1.63 bits per heavy atom. The summed E-state index contributed by atoms with van der Waals surface area (Å²) in [5, 5.41) is 10.4. The van der Waals surface area contributed by atoms with Crippen LogP contribution in [0.5, 0.6) is 0 Å². The Bertz CT molecular complexity index is 1420. The summed E-state index contributed by atoms with van der Waals surface area (Å²) in [7, 11) is 0. The van der Waals surface area contributed by atoms with E-state index in [9.17, 15) is 14.4 Å². The summed E-state index contributed by atoms with van der Waals surface area (Å²) >= 11 is 2.76. The maximum Gasteiger partial charge on any atom is 0.272 e. The molecular weight excluding hydrogens is 516 g/mol. The van der Waals surface area contributed by atoms with Gasteiger partial charge in [0.05, 0.1) is 5.25 Å². The maximum absolute atomic E-state index is 13.2. The number of anilines is 2.